The predicted octanol–water partition coefficient (Wildman–Crippen LogP) is 7.43. The van der Waals surface area contributed by atoms with Crippen LogP contribution in [0.15, 0.2) is 60.8 Å². The van der Waals surface area contributed by atoms with Gasteiger partial charge in [0, 0.05) is 36.6 Å². The van der Waals surface area contributed by atoms with Gasteiger partial charge in [0.15, 0.2) is 0 Å². The SMILES string of the molecule is COC(=O)CCCCCCCNC(=O)c1cc(Oc2ccc(NC(=O)Nc3ccc(Cl)c(C(F)(F)F)c3)cc2)ccn1. The summed E-state index contributed by atoms with van der Waals surface area (Å²) in [6.45, 7) is 0.492. The minimum absolute atomic E-state index is 0.0748. The predicted molar refractivity (Wildman–Crippen MR) is 152 cm³/mol. The fraction of sp³-hybridized carbons (Fsp3) is 0.310. The zero-order valence-electron chi connectivity index (χ0n) is 22.7. The molecule has 0 unspecified atom stereocenters. The molecule has 224 valence electrons. The van der Waals surface area contributed by atoms with Crippen molar-refractivity contribution in [3.63, 3.8) is 0 Å². The van der Waals surface area contributed by atoms with Crippen molar-refractivity contribution in [1.29, 1.82) is 0 Å². The number of anilines is 2. The number of rotatable bonds is 13. The van der Waals surface area contributed by atoms with Gasteiger partial charge in [0.2, 0.25) is 0 Å². The molecule has 0 aliphatic heterocycles. The molecule has 0 fully saturated rings. The highest BCUT2D eigenvalue weighted by molar-refractivity contribution is 6.31. The maximum atomic E-state index is 13.0. The number of amides is 3. The molecule has 1 aromatic heterocycles. The van der Waals surface area contributed by atoms with Crippen LogP contribution < -0.4 is 20.7 Å². The first-order chi connectivity index (χ1) is 20.0. The molecule has 0 bridgehead atoms. The maximum absolute atomic E-state index is 13.0. The van der Waals surface area contributed by atoms with Gasteiger partial charge < -0.3 is 25.4 Å². The quantitative estimate of drug-likeness (QED) is 0.137. The van der Waals surface area contributed by atoms with E-state index in [9.17, 15) is 27.6 Å². The number of benzene rings is 2. The molecular weight excluding hydrogens is 577 g/mol. The van der Waals surface area contributed by atoms with Gasteiger partial charge in [-0.25, -0.2) is 4.79 Å². The van der Waals surface area contributed by atoms with Crippen LogP contribution in [0.25, 0.3) is 0 Å². The summed E-state index contributed by atoms with van der Waals surface area (Å²) >= 11 is 5.60. The number of nitrogens with zero attached hydrogens (tertiary/aromatic N) is 1. The van der Waals surface area contributed by atoms with Gasteiger partial charge in [-0.1, -0.05) is 30.9 Å². The fourth-order valence-electron chi connectivity index (χ4n) is 3.77. The molecule has 0 saturated carbocycles. The van der Waals surface area contributed by atoms with E-state index in [2.05, 4.69) is 25.7 Å². The topological polar surface area (TPSA) is 119 Å². The number of hydrogen-bond donors (Lipinski definition) is 3. The number of nitrogens with one attached hydrogen (secondary N) is 3. The van der Waals surface area contributed by atoms with Crippen LogP contribution in [-0.4, -0.2) is 36.5 Å². The monoisotopic (exact) mass is 606 g/mol. The van der Waals surface area contributed by atoms with Crippen LogP contribution in [0.4, 0.5) is 29.3 Å². The maximum Gasteiger partial charge on any atom is 0.417 e. The van der Waals surface area contributed by atoms with Crippen molar-refractivity contribution < 1.29 is 37.0 Å². The zero-order valence-corrected chi connectivity index (χ0v) is 23.5. The van der Waals surface area contributed by atoms with Crippen LogP contribution in [0.5, 0.6) is 11.5 Å². The Balaban J connectivity index is 1.44. The Morgan fingerprint density at radius 1 is 0.857 bits per heavy atom. The minimum atomic E-state index is -4.66. The summed E-state index contributed by atoms with van der Waals surface area (Å²) in [5.74, 6) is 0.252. The van der Waals surface area contributed by atoms with Crippen molar-refractivity contribution in [2.24, 2.45) is 0 Å². The molecule has 0 aliphatic carbocycles. The molecule has 9 nitrogen and oxygen atoms in total. The van der Waals surface area contributed by atoms with E-state index in [1.54, 1.807) is 30.3 Å². The Morgan fingerprint density at radius 2 is 1.52 bits per heavy atom. The van der Waals surface area contributed by atoms with Gasteiger partial charge in [-0.3, -0.25) is 14.6 Å². The van der Waals surface area contributed by atoms with Crippen molar-refractivity contribution in [1.82, 2.24) is 10.3 Å². The number of urea groups is 1. The van der Waals surface area contributed by atoms with Crippen molar-refractivity contribution in [3.05, 3.63) is 77.1 Å². The Bertz CT molecular complexity index is 1370. The number of carbonyl (C=O) groups is 3. The van der Waals surface area contributed by atoms with E-state index >= 15 is 0 Å². The van der Waals surface area contributed by atoms with E-state index < -0.39 is 22.8 Å². The minimum Gasteiger partial charge on any atom is -0.469 e. The number of esters is 1. The zero-order chi connectivity index (χ0) is 30.5. The second-order valence-electron chi connectivity index (χ2n) is 9.12. The molecule has 3 N–H and O–H groups in total. The van der Waals surface area contributed by atoms with Crippen LogP contribution >= 0.6 is 11.6 Å². The third kappa shape index (κ3) is 10.6. The molecule has 0 saturated heterocycles. The number of unbranched alkanes of at least 4 members (excludes halogenated alkanes) is 4. The second-order valence-corrected chi connectivity index (χ2v) is 9.53. The Labute approximate surface area is 245 Å². The van der Waals surface area contributed by atoms with E-state index in [4.69, 9.17) is 16.3 Å². The van der Waals surface area contributed by atoms with Crippen LogP contribution in [0.1, 0.15) is 54.6 Å². The number of hydrogen-bond acceptors (Lipinski definition) is 6. The highest BCUT2D eigenvalue weighted by Gasteiger charge is 2.33. The summed E-state index contributed by atoms with van der Waals surface area (Å²) in [7, 11) is 1.37. The van der Waals surface area contributed by atoms with Crippen molar-refractivity contribution >= 4 is 40.9 Å². The first kappa shape index (κ1) is 32.2. The number of ether oxygens (including phenoxy) is 2. The van der Waals surface area contributed by atoms with Gasteiger partial charge in [0.25, 0.3) is 5.91 Å². The lowest BCUT2D eigenvalue weighted by Crippen LogP contribution is -2.25. The fourth-order valence-corrected chi connectivity index (χ4v) is 4.00. The van der Waals surface area contributed by atoms with Gasteiger partial charge in [0.05, 0.1) is 17.7 Å². The molecule has 2 aromatic carbocycles. The number of methoxy groups -OCH3 is 1. The van der Waals surface area contributed by atoms with Crippen molar-refractivity contribution in [2.75, 3.05) is 24.3 Å². The molecule has 0 radical (unpaired) electrons. The number of halogens is 4. The molecule has 0 aliphatic rings. The first-order valence-electron chi connectivity index (χ1n) is 13.1. The molecule has 3 rings (SSSR count). The highest BCUT2D eigenvalue weighted by atomic mass is 35.5. The lowest BCUT2D eigenvalue weighted by molar-refractivity contribution is -0.140. The molecule has 1 heterocycles. The average molecular weight is 607 g/mol. The van der Waals surface area contributed by atoms with Crippen LogP contribution in [-0.2, 0) is 15.7 Å². The second kappa shape index (κ2) is 15.6. The number of carbonyl (C=O) groups excluding carboxylic acids is 3. The average Bonchev–Trinajstić information content (AvgIpc) is 2.95. The molecule has 3 amide bonds. The van der Waals surface area contributed by atoms with Gasteiger partial charge in [-0.2, -0.15) is 13.2 Å². The van der Waals surface area contributed by atoms with Gasteiger partial charge in [-0.05, 0) is 61.4 Å². The number of aromatic nitrogens is 1. The Morgan fingerprint density at radius 3 is 2.24 bits per heavy atom. The molecule has 3 aromatic rings. The molecular formula is C29H30ClF3N4O5. The Hall–Kier alpha value is -4.32. The summed E-state index contributed by atoms with van der Waals surface area (Å²) in [5, 5.41) is 7.21. The third-order valence-electron chi connectivity index (χ3n) is 5.91. The summed E-state index contributed by atoms with van der Waals surface area (Å²) in [6.07, 6.45) is 1.59. The van der Waals surface area contributed by atoms with Crippen LogP contribution in [0, 0.1) is 0 Å². The van der Waals surface area contributed by atoms with Gasteiger partial charge >= 0.3 is 18.2 Å². The van der Waals surface area contributed by atoms with Crippen LogP contribution in [0.3, 0.4) is 0 Å². The smallest absolute Gasteiger partial charge is 0.417 e. The Kier molecular flexibility index (Phi) is 12.0. The third-order valence-corrected chi connectivity index (χ3v) is 6.24. The summed E-state index contributed by atoms with van der Waals surface area (Å²) in [5.41, 5.74) is -0.575. The molecule has 13 heteroatoms. The molecule has 0 atom stereocenters. The van der Waals surface area contributed by atoms with Crippen molar-refractivity contribution in [2.45, 2.75) is 44.7 Å². The van der Waals surface area contributed by atoms with E-state index in [-0.39, 0.29) is 23.3 Å². The van der Waals surface area contributed by atoms with E-state index in [0.717, 1.165) is 44.2 Å². The summed E-state index contributed by atoms with van der Waals surface area (Å²) in [6, 6.07) is 11.6. The lowest BCUT2D eigenvalue weighted by Gasteiger charge is -2.12. The summed E-state index contributed by atoms with van der Waals surface area (Å²) in [4.78, 5) is 39.9. The van der Waals surface area contributed by atoms with Gasteiger partial charge in [0.1, 0.15) is 17.2 Å². The molecule has 0 spiro atoms. The number of pyridine rings is 1. The van der Waals surface area contributed by atoms with E-state index in [0.29, 0.717) is 30.2 Å². The lowest BCUT2D eigenvalue weighted by atomic mass is 10.1. The normalized spacial score (nSPS) is 11.0. The summed E-state index contributed by atoms with van der Waals surface area (Å²) < 4.78 is 49.5. The largest absolute Gasteiger partial charge is 0.469 e. The van der Waals surface area contributed by atoms with Crippen LogP contribution in [0.2, 0.25) is 5.02 Å². The van der Waals surface area contributed by atoms with E-state index in [1.165, 1.54) is 25.4 Å². The van der Waals surface area contributed by atoms with Crippen molar-refractivity contribution in [3.8, 4) is 11.5 Å². The highest BCUT2D eigenvalue weighted by Crippen LogP contribution is 2.36. The first-order valence-corrected chi connectivity index (χ1v) is 13.5. The molecule has 42 heavy (non-hydrogen) atoms. The van der Waals surface area contributed by atoms with Gasteiger partial charge in [-0.15, -0.1) is 0 Å². The number of alkyl halides is 3. The van der Waals surface area contributed by atoms with E-state index in [1.807, 2.05) is 0 Å². The standard InChI is InChI=1S/C29H30ClF3N4O5/c1-41-26(38)7-5-3-2-4-6-15-35-27(39)25-18-22(14-16-34-25)42-21-11-8-19(9-12-21)36-28(40)37-20-10-13-24(30)23(17-20)29(31,32)33/h8-14,16-18H,2-7,15H2,1H3,(H,35,39)(H2,36,37,40).